The molecule has 1 aromatic heterocycles. The minimum absolute atomic E-state index is 0.200. The summed E-state index contributed by atoms with van der Waals surface area (Å²) >= 11 is 1.83. The van der Waals surface area contributed by atoms with Gasteiger partial charge < -0.3 is 10.1 Å². The maximum Gasteiger partial charge on any atom is 0.0610 e. The molecule has 0 aliphatic carbocycles. The molecule has 1 aromatic carbocycles. The topological polar surface area (TPSA) is 21.3 Å². The van der Waals surface area contributed by atoms with E-state index in [1.807, 2.05) is 11.3 Å². The van der Waals surface area contributed by atoms with Crippen LogP contribution < -0.4 is 5.32 Å². The molecular weight excluding hydrogens is 350 g/mol. The molecule has 0 unspecified atom stereocenters. The molecule has 1 aliphatic rings. The van der Waals surface area contributed by atoms with Gasteiger partial charge in [-0.3, -0.25) is 0 Å². The second-order valence-electron chi connectivity index (χ2n) is 8.76. The molecule has 2 atom stereocenters. The van der Waals surface area contributed by atoms with Gasteiger partial charge in [0, 0.05) is 16.8 Å². The summed E-state index contributed by atoms with van der Waals surface area (Å²) in [6.07, 6.45) is 4.09. The highest BCUT2D eigenvalue weighted by atomic mass is 32.1. The van der Waals surface area contributed by atoms with Crippen molar-refractivity contribution in [1.82, 2.24) is 5.32 Å². The predicted molar refractivity (Wildman–Crippen MR) is 116 cm³/mol. The zero-order valence-corrected chi connectivity index (χ0v) is 18.1. The molecule has 0 amide bonds. The number of ether oxygens (including phenoxy) is 1. The normalized spacial score (nSPS) is 26.0. The Labute approximate surface area is 169 Å². The molecular formula is C24H35NOS. The van der Waals surface area contributed by atoms with Crippen LogP contribution in [0.2, 0.25) is 0 Å². The Balaban J connectivity index is 1.78. The number of hydrogen-bond donors (Lipinski definition) is 1. The van der Waals surface area contributed by atoms with Gasteiger partial charge in [0.2, 0.25) is 0 Å². The molecule has 2 nitrogen and oxygen atoms in total. The summed E-state index contributed by atoms with van der Waals surface area (Å²) in [5.41, 5.74) is 1.69. The number of rotatable bonds is 8. The zero-order valence-electron chi connectivity index (χ0n) is 17.3. The fourth-order valence-electron chi connectivity index (χ4n) is 4.29. The quantitative estimate of drug-likeness (QED) is 0.561. The SMILES string of the molecule is CC(C)[C@@H]1CC(CCNCc2cccs2)(c2ccccc2)C[C@@H](C(C)C)O1. The maximum absolute atomic E-state index is 6.53. The molecule has 1 N–H and O–H groups in total. The first-order valence-electron chi connectivity index (χ1n) is 10.4. The molecule has 0 radical (unpaired) electrons. The third kappa shape index (κ3) is 5.22. The van der Waals surface area contributed by atoms with E-state index >= 15 is 0 Å². The molecule has 2 aromatic rings. The molecule has 0 spiro atoms. The minimum Gasteiger partial charge on any atom is -0.374 e. The van der Waals surface area contributed by atoms with E-state index < -0.39 is 0 Å². The van der Waals surface area contributed by atoms with Gasteiger partial charge in [-0.05, 0) is 54.7 Å². The Bertz CT molecular complexity index is 649. The number of thiophene rings is 1. The van der Waals surface area contributed by atoms with Crippen molar-refractivity contribution >= 4 is 11.3 Å². The van der Waals surface area contributed by atoms with E-state index in [0.717, 1.165) is 32.4 Å². The molecule has 0 bridgehead atoms. The van der Waals surface area contributed by atoms with Gasteiger partial charge in [0.25, 0.3) is 0 Å². The number of nitrogens with one attached hydrogen (secondary N) is 1. The van der Waals surface area contributed by atoms with Gasteiger partial charge in [0.05, 0.1) is 12.2 Å². The van der Waals surface area contributed by atoms with Crippen LogP contribution >= 0.6 is 11.3 Å². The molecule has 1 fully saturated rings. The van der Waals surface area contributed by atoms with Gasteiger partial charge in [-0.15, -0.1) is 11.3 Å². The lowest BCUT2D eigenvalue weighted by Gasteiger charge is -2.48. The Morgan fingerprint density at radius 1 is 1.00 bits per heavy atom. The molecule has 0 saturated carbocycles. The first kappa shape index (κ1) is 20.6. The van der Waals surface area contributed by atoms with E-state index in [1.165, 1.54) is 10.4 Å². The van der Waals surface area contributed by atoms with E-state index in [2.05, 4.69) is 80.9 Å². The molecule has 27 heavy (non-hydrogen) atoms. The fourth-order valence-corrected chi connectivity index (χ4v) is 4.96. The van der Waals surface area contributed by atoms with Crippen LogP contribution in [0.25, 0.3) is 0 Å². The maximum atomic E-state index is 6.53. The van der Waals surface area contributed by atoms with Crippen LogP contribution in [0.1, 0.15) is 57.4 Å². The average Bonchev–Trinajstić information content (AvgIpc) is 3.19. The smallest absolute Gasteiger partial charge is 0.0610 e. The summed E-state index contributed by atoms with van der Waals surface area (Å²) in [4.78, 5) is 1.41. The van der Waals surface area contributed by atoms with Crippen LogP contribution in [0.3, 0.4) is 0 Å². The lowest BCUT2D eigenvalue weighted by atomic mass is 9.66. The first-order valence-corrected chi connectivity index (χ1v) is 11.3. The van der Waals surface area contributed by atoms with Crippen LogP contribution in [0.5, 0.6) is 0 Å². The Morgan fingerprint density at radius 3 is 2.22 bits per heavy atom. The molecule has 2 heterocycles. The molecule has 1 saturated heterocycles. The Morgan fingerprint density at radius 2 is 1.67 bits per heavy atom. The second kappa shape index (κ2) is 9.36. The molecule has 3 heteroatoms. The lowest BCUT2D eigenvalue weighted by Crippen LogP contribution is -2.48. The van der Waals surface area contributed by atoms with Crippen molar-refractivity contribution in [2.24, 2.45) is 11.8 Å². The van der Waals surface area contributed by atoms with Crippen molar-refractivity contribution in [1.29, 1.82) is 0 Å². The third-order valence-corrected chi connectivity index (χ3v) is 6.94. The van der Waals surface area contributed by atoms with E-state index in [4.69, 9.17) is 4.74 Å². The fraction of sp³-hybridized carbons (Fsp3) is 0.583. The summed E-state index contributed by atoms with van der Waals surface area (Å²) in [7, 11) is 0. The van der Waals surface area contributed by atoms with Gasteiger partial charge in [-0.1, -0.05) is 64.1 Å². The summed E-state index contributed by atoms with van der Waals surface area (Å²) < 4.78 is 6.53. The first-order chi connectivity index (χ1) is 13.0. The Hall–Kier alpha value is -1.16. The number of benzene rings is 1. The van der Waals surface area contributed by atoms with E-state index in [-0.39, 0.29) is 5.41 Å². The standard InChI is InChI=1S/C24H35NOS/c1-18(2)22-15-24(16-23(26-22)19(3)4,20-9-6-5-7-10-20)12-13-25-17-21-11-8-14-27-21/h5-11,14,18-19,22-23,25H,12-13,15-17H2,1-4H3/t22-,23-/m0/s1. The van der Waals surface area contributed by atoms with Crippen LogP contribution in [-0.4, -0.2) is 18.8 Å². The summed E-state index contributed by atoms with van der Waals surface area (Å²) in [5.74, 6) is 1.10. The number of hydrogen-bond acceptors (Lipinski definition) is 3. The van der Waals surface area contributed by atoms with Gasteiger partial charge >= 0.3 is 0 Å². The van der Waals surface area contributed by atoms with Crippen molar-refractivity contribution in [3.8, 4) is 0 Å². The van der Waals surface area contributed by atoms with E-state index in [0.29, 0.717) is 24.0 Å². The highest BCUT2D eigenvalue weighted by Crippen LogP contribution is 2.45. The highest BCUT2D eigenvalue weighted by molar-refractivity contribution is 7.09. The largest absolute Gasteiger partial charge is 0.374 e. The van der Waals surface area contributed by atoms with Crippen molar-refractivity contribution in [2.45, 2.75) is 71.1 Å². The Kier molecular flexibility index (Phi) is 7.13. The van der Waals surface area contributed by atoms with Crippen molar-refractivity contribution in [2.75, 3.05) is 6.54 Å². The molecule has 1 aliphatic heterocycles. The molecule has 3 rings (SSSR count). The van der Waals surface area contributed by atoms with Gasteiger partial charge in [0.15, 0.2) is 0 Å². The molecule has 148 valence electrons. The lowest BCUT2D eigenvalue weighted by molar-refractivity contribution is -0.118. The van der Waals surface area contributed by atoms with Gasteiger partial charge in [-0.25, -0.2) is 0 Å². The van der Waals surface area contributed by atoms with Crippen molar-refractivity contribution in [3.05, 3.63) is 58.3 Å². The van der Waals surface area contributed by atoms with Crippen LogP contribution in [0.15, 0.2) is 47.8 Å². The predicted octanol–water partition coefficient (Wildman–Crippen LogP) is 6.03. The van der Waals surface area contributed by atoms with Crippen molar-refractivity contribution < 1.29 is 4.74 Å². The van der Waals surface area contributed by atoms with E-state index in [1.54, 1.807) is 0 Å². The third-order valence-electron chi connectivity index (χ3n) is 6.07. The minimum atomic E-state index is 0.200. The highest BCUT2D eigenvalue weighted by Gasteiger charge is 2.43. The summed E-state index contributed by atoms with van der Waals surface area (Å²) in [5, 5.41) is 5.84. The van der Waals surface area contributed by atoms with E-state index in [9.17, 15) is 0 Å². The summed E-state index contributed by atoms with van der Waals surface area (Å²) in [6, 6.07) is 15.5. The van der Waals surface area contributed by atoms with Gasteiger partial charge in [0.1, 0.15) is 0 Å². The van der Waals surface area contributed by atoms with Crippen LogP contribution in [0.4, 0.5) is 0 Å². The average molecular weight is 386 g/mol. The van der Waals surface area contributed by atoms with Gasteiger partial charge in [-0.2, -0.15) is 0 Å². The monoisotopic (exact) mass is 385 g/mol. The van der Waals surface area contributed by atoms with Crippen molar-refractivity contribution in [3.63, 3.8) is 0 Å². The summed E-state index contributed by atoms with van der Waals surface area (Å²) in [6.45, 7) is 11.2. The van der Waals surface area contributed by atoms with Crippen LogP contribution in [0, 0.1) is 11.8 Å². The second-order valence-corrected chi connectivity index (χ2v) is 9.79. The van der Waals surface area contributed by atoms with Crippen LogP contribution in [-0.2, 0) is 16.7 Å². The zero-order chi connectivity index (χ0) is 19.3.